The number of aliphatic hydroxyl groups is 1. The monoisotopic (exact) mass is 283 g/mol. The highest BCUT2D eigenvalue weighted by Crippen LogP contribution is 2.10. The van der Waals surface area contributed by atoms with E-state index in [0.29, 0.717) is 5.76 Å². The van der Waals surface area contributed by atoms with Gasteiger partial charge in [0.1, 0.15) is 5.76 Å². The van der Waals surface area contributed by atoms with Gasteiger partial charge in [-0.2, -0.15) is 0 Å². The maximum Gasteiger partial charge on any atom is 0.108 e. The number of aliphatic hydroxyl groups excluding tert-OH is 1. The van der Waals surface area contributed by atoms with Crippen LogP contribution in [0.5, 0.6) is 0 Å². The summed E-state index contributed by atoms with van der Waals surface area (Å²) in [6.45, 7) is 5.41. The van der Waals surface area contributed by atoms with E-state index in [4.69, 9.17) is 0 Å². The molecule has 0 aromatic heterocycles. The van der Waals surface area contributed by atoms with Crippen molar-refractivity contribution in [1.29, 1.82) is 0 Å². The van der Waals surface area contributed by atoms with Gasteiger partial charge < -0.3 is 10.4 Å². The number of rotatable bonds is 15. The molecule has 0 heterocycles. The van der Waals surface area contributed by atoms with Crippen LogP contribution in [0.25, 0.3) is 0 Å². The Balaban J connectivity index is 3.13. The molecule has 0 aliphatic rings. The highest BCUT2D eigenvalue weighted by Gasteiger charge is 1.93. The second kappa shape index (κ2) is 16.4. The first kappa shape index (κ1) is 19.3. The predicted octanol–water partition coefficient (Wildman–Crippen LogP) is 6.09. The Morgan fingerprint density at radius 1 is 0.750 bits per heavy atom. The van der Waals surface area contributed by atoms with Gasteiger partial charge in [-0.15, -0.1) is 0 Å². The van der Waals surface area contributed by atoms with E-state index in [1.807, 2.05) is 0 Å². The second-order valence-electron chi connectivity index (χ2n) is 5.88. The van der Waals surface area contributed by atoms with Gasteiger partial charge in [-0.3, -0.25) is 0 Å². The molecule has 120 valence electrons. The third kappa shape index (κ3) is 15.4. The average Bonchev–Trinajstić information content (AvgIpc) is 2.46. The van der Waals surface area contributed by atoms with Crippen molar-refractivity contribution in [2.75, 3.05) is 6.54 Å². The van der Waals surface area contributed by atoms with Gasteiger partial charge >= 0.3 is 0 Å². The smallest absolute Gasteiger partial charge is 0.108 e. The molecule has 0 aromatic rings. The Labute approximate surface area is 127 Å². The van der Waals surface area contributed by atoms with Crippen LogP contribution >= 0.6 is 0 Å². The lowest BCUT2D eigenvalue weighted by atomic mass is 10.1. The Bertz CT molecular complexity index is 213. The second-order valence-corrected chi connectivity index (χ2v) is 5.88. The van der Waals surface area contributed by atoms with Gasteiger partial charge in [-0.1, -0.05) is 78.1 Å². The van der Waals surface area contributed by atoms with Crippen molar-refractivity contribution in [3.8, 4) is 0 Å². The number of nitrogens with one attached hydrogen (secondary N) is 1. The van der Waals surface area contributed by atoms with Gasteiger partial charge in [0.15, 0.2) is 0 Å². The summed E-state index contributed by atoms with van der Waals surface area (Å²) in [6.07, 6.45) is 18.5. The maximum absolute atomic E-state index is 9.54. The highest BCUT2D eigenvalue weighted by atomic mass is 16.3. The Kier molecular flexibility index (Phi) is 15.9. The predicted molar refractivity (Wildman–Crippen MR) is 90.1 cm³/mol. The molecule has 0 radical (unpaired) electrons. The molecule has 0 bridgehead atoms. The summed E-state index contributed by atoms with van der Waals surface area (Å²) < 4.78 is 0. The van der Waals surface area contributed by atoms with E-state index >= 15 is 0 Å². The molecule has 2 heteroatoms. The van der Waals surface area contributed by atoms with Crippen LogP contribution in [0.4, 0.5) is 0 Å². The molecule has 20 heavy (non-hydrogen) atoms. The Hall–Kier alpha value is -0.660. The van der Waals surface area contributed by atoms with Gasteiger partial charge in [0.25, 0.3) is 0 Å². The van der Waals surface area contributed by atoms with Crippen LogP contribution in [0.15, 0.2) is 12.0 Å². The van der Waals surface area contributed by atoms with Gasteiger partial charge in [0.2, 0.25) is 0 Å². The van der Waals surface area contributed by atoms with Crippen molar-refractivity contribution >= 4 is 0 Å². The molecular formula is C18H37NO. The van der Waals surface area contributed by atoms with Crippen molar-refractivity contribution in [2.45, 2.75) is 97.3 Å². The number of allylic oxidation sites excluding steroid dienone is 1. The fourth-order valence-electron chi connectivity index (χ4n) is 2.33. The van der Waals surface area contributed by atoms with Crippen LogP contribution in [-0.4, -0.2) is 11.7 Å². The fraction of sp³-hybridized carbons (Fsp3) is 0.889. The van der Waals surface area contributed by atoms with E-state index < -0.39 is 0 Å². The van der Waals surface area contributed by atoms with Crippen LogP contribution in [0.1, 0.15) is 97.3 Å². The van der Waals surface area contributed by atoms with E-state index in [1.54, 1.807) is 6.20 Å². The fourth-order valence-corrected chi connectivity index (χ4v) is 2.33. The molecule has 0 amide bonds. The topological polar surface area (TPSA) is 32.3 Å². The van der Waals surface area contributed by atoms with E-state index in [2.05, 4.69) is 19.2 Å². The zero-order valence-corrected chi connectivity index (χ0v) is 13.9. The maximum atomic E-state index is 9.54. The van der Waals surface area contributed by atoms with Crippen molar-refractivity contribution < 1.29 is 5.11 Å². The summed E-state index contributed by atoms with van der Waals surface area (Å²) in [7, 11) is 0. The summed E-state index contributed by atoms with van der Waals surface area (Å²) >= 11 is 0. The quantitative estimate of drug-likeness (QED) is 0.282. The molecule has 0 spiro atoms. The molecule has 0 aromatic carbocycles. The third-order valence-electron chi connectivity index (χ3n) is 3.73. The Morgan fingerprint density at radius 3 is 1.80 bits per heavy atom. The van der Waals surface area contributed by atoms with Crippen molar-refractivity contribution in [3.05, 3.63) is 12.0 Å². The first-order valence-corrected chi connectivity index (χ1v) is 8.92. The van der Waals surface area contributed by atoms with Gasteiger partial charge in [-0.05, 0) is 12.8 Å². The van der Waals surface area contributed by atoms with Crippen molar-refractivity contribution in [3.63, 3.8) is 0 Å². The van der Waals surface area contributed by atoms with Gasteiger partial charge in [0.05, 0.1) is 0 Å². The average molecular weight is 284 g/mol. The summed E-state index contributed by atoms with van der Waals surface area (Å²) in [6, 6.07) is 0. The number of unbranched alkanes of at least 4 members (excludes halogenated alkanes) is 10. The van der Waals surface area contributed by atoms with E-state index in [9.17, 15) is 5.11 Å². The Morgan fingerprint density at radius 2 is 1.25 bits per heavy atom. The molecule has 0 saturated heterocycles. The first-order chi connectivity index (χ1) is 9.81. The zero-order valence-electron chi connectivity index (χ0n) is 13.9. The summed E-state index contributed by atoms with van der Waals surface area (Å²) in [4.78, 5) is 0. The van der Waals surface area contributed by atoms with E-state index in [0.717, 1.165) is 25.8 Å². The lowest BCUT2D eigenvalue weighted by Gasteiger charge is -2.04. The van der Waals surface area contributed by atoms with Crippen LogP contribution in [0.2, 0.25) is 0 Å². The minimum atomic E-state index is 0.499. The molecule has 0 atom stereocenters. The lowest BCUT2D eigenvalue weighted by molar-refractivity contribution is 0.378. The van der Waals surface area contributed by atoms with Gasteiger partial charge in [0, 0.05) is 19.2 Å². The summed E-state index contributed by atoms with van der Waals surface area (Å²) in [5.41, 5.74) is 0. The van der Waals surface area contributed by atoms with Crippen LogP contribution in [-0.2, 0) is 0 Å². The normalized spacial score (nSPS) is 11.8. The third-order valence-corrected chi connectivity index (χ3v) is 3.73. The molecule has 0 unspecified atom stereocenters. The largest absolute Gasteiger partial charge is 0.511 e. The van der Waals surface area contributed by atoms with Crippen LogP contribution in [0.3, 0.4) is 0 Å². The molecule has 0 aliphatic heterocycles. The molecule has 2 N–H and O–H groups in total. The lowest BCUT2D eigenvalue weighted by Crippen LogP contribution is -2.08. The zero-order chi connectivity index (χ0) is 14.9. The number of hydrogen-bond acceptors (Lipinski definition) is 2. The minimum Gasteiger partial charge on any atom is -0.511 e. The molecule has 0 saturated carbocycles. The van der Waals surface area contributed by atoms with E-state index in [1.165, 1.54) is 64.2 Å². The SMILES string of the molecule is CCCCCCCCCCCCNC=C(O)CCCC. The van der Waals surface area contributed by atoms with E-state index in [-0.39, 0.29) is 0 Å². The van der Waals surface area contributed by atoms with Gasteiger partial charge in [-0.25, -0.2) is 0 Å². The standard InChI is InChI=1S/C18H37NO/c1-3-5-7-8-9-10-11-12-13-14-16-19-17-18(20)15-6-4-2/h17,19-20H,3-16H2,1-2H3. The highest BCUT2D eigenvalue weighted by molar-refractivity contribution is 4.88. The van der Waals surface area contributed by atoms with Crippen molar-refractivity contribution in [2.24, 2.45) is 0 Å². The summed E-state index contributed by atoms with van der Waals surface area (Å²) in [5, 5.41) is 12.7. The van der Waals surface area contributed by atoms with Crippen molar-refractivity contribution in [1.82, 2.24) is 5.32 Å². The molecule has 2 nitrogen and oxygen atoms in total. The summed E-state index contributed by atoms with van der Waals surface area (Å²) in [5.74, 6) is 0.499. The molecule has 0 aliphatic carbocycles. The molecule has 0 rings (SSSR count). The molecular weight excluding hydrogens is 246 g/mol. The molecule has 0 fully saturated rings. The minimum absolute atomic E-state index is 0.499. The van der Waals surface area contributed by atoms with Crippen LogP contribution in [0, 0.1) is 0 Å². The number of hydrogen-bond donors (Lipinski definition) is 2. The van der Waals surface area contributed by atoms with Crippen LogP contribution < -0.4 is 5.32 Å². The first-order valence-electron chi connectivity index (χ1n) is 8.92.